The Hall–Kier alpha value is 0.740. The fourth-order valence-electron chi connectivity index (χ4n) is 0.483. The van der Waals surface area contributed by atoms with Gasteiger partial charge in [-0.3, -0.25) is 0 Å². The van der Waals surface area contributed by atoms with Crippen molar-refractivity contribution < 1.29 is 4.18 Å². The summed E-state index contributed by atoms with van der Waals surface area (Å²) in [5.41, 5.74) is 0. The Morgan fingerprint density at radius 2 is 2.43 bits per heavy atom. The molecule has 42 valence electrons. The van der Waals surface area contributed by atoms with E-state index < -0.39 is 0 Å². The summed E-state index contributed by atoms with van der Waals surface area (Å²) in [5.74, 6) is 0. The molecule has 1 atom stereocenters. The molecule has 0 aliphatic carbocycles. The quantitative estimate of drug-likeness (QED) is 0.372. The highest BCUT2D eigenvalue weighted by molar-refractivity contribution is 8.46. The monoisotopic (exact) mass is 136 g/mol. The van der Waals surface area contributed by atoms with E-state index in [1.54, 1.807) is 11.7 Å². The molecule has 0 radical (unpaired) electrons. The van der Waals surface area contributed by atoms with Crippen LogP contribution in [0.4, 0.5) is 0 Å². The van der Waals surface area contributed by atoms with Gasteiger partial charge in [-0.15, -0.1) is 0 Å². The predicted molar refractivity (Wildman–Crippen MR) is 36.0 cm³/mol. The molecular weight excluding hydrogens is 127 g/mol. The Labute approximate surface area is 49.9 Å². The lowest BCUT2D eigenvalue weighted by Crippen LogP contribution is -1.80. The van der Waals surface area contributed by atoms with Crippen LogP contribution >= 0.6 is 19.4 Å². The molecule has 0 saturated carbocycles. The van der Waals surface area contributed by atoms with Crippen molar-refractivity contribution in [3.63, 3.8) is 0 Å². The molecule has 0 aromatic carbocycles. The van der Waals surface area contributed by atoms with Gasteiger partial charge in [-0.1, -0.05) is 0 Å². The summed E-state index contributed by atoms with van der Waals surface area (Å²) in [6.07, 6.45) is 4.00. The van der Waals surface area contributed by atoms with Crippen molar-refractivity contribution in [2.24, 2.45) is 0 Å². The first-order chi connectivity index (χ1) is 3.50. The van der Waals surface area contributed by atoms with Crippen LogP contribution in [0.5, 0.6) is 0 Å². The zero-order chi connectivity index (χ0) is 4.95. The third kappa shape index (κ3) is 2.53. The van der Waals surface area contributed by atoms with Crippen molar-refractivity contribution in [2.75, 3.05) is 12.8 Å². The van der Waals surface area contributed by atoms with Crippen LogP contribution in [0.15, 0.2) is 0 Å². The fraction of sp³-hybridized carbons (Fsp3) is 1.00. The Bertz CT molecular complexity index is 31.3. The second-order valence-corrected chi connectivity index (χ2v) is 4.06. The van der Waals surface area contributed by atoms with Gasteiger partial charge in [0.2, 0.25) is 0 Å². The first kappa shape index (κ1) is 5.87. The molecule has 1 aliphatic heterocycles. The summed E-state index contributed by atoms with van der Waals surface area (Å²) in [4.78, 5) is 0. The molecule has 1 fully saturated rings. The van der Waals surface area contributed by atoms with Crippen molar-refractivity contribution in [3.8, 4) is 0 Å². The van der Waals surface area contributed by atoms with Crippen LogP contribution in [0.1, 0.15) is 12.8 Å². The van der Waals surface area contributed by atoms with Crippen molar-refractivity contribution >= 4 is 19.4 Å². The molecule has 0 aromatic heterocycles. The van der Waals surface area contributed by atoms with E-state index in [0.717, 1.165) is 14.4 Å². The van der Waals surface area contributed by atoms with Gasteiger partial charge >= 0.3 is 0 Å². The largest absolute Gasteiger partial charge is 0.311 e. The lowest BCUT2D eigenvalue weighted by molar-refractivity contribution is 0.371. The smallest absolute Gasteiger partial charge is 0.0618 e. The molecule has 0 aromatic rings. The predicted octanol–water partition coefficient (Wildman–Crippen LogP) is 2.04. The molecule has 0 N–H and O–H groups in total. The molecule has 1 unspecified atom stereocenters. The second kappa shape index (κ2) is 3.71. The highest BCUT2D eigenvalue weighted by Gasteiger charge is 1.96. The minimum Gasteiger partial charge on any atom is -0.311 e. The Kier molecular flexibility index (Phi) is 3.11. The fourth-order valence-corrected chi connectivity index (χ4v) is 2.43. The lowest BCUT2D eigenvalue weighted by Gasteiger charge is -1.89. The van der Waals surface area contributed by atoms with E-state index in [-0.39, 0.29) is 0 Å². The van der Waals surface area contributed by atoms with E-state index in [1.165, 1.54) is 19.0 Å². The Morgan fingerprint density at radius 3 is 3.43 bits per heavy atom. The maximum absolute atomic E-state index is 5.12. The SMILES string of the molecule is C1CCPSOC1. The third-order valence-electron chi connectivity index (χ3n) is 0.874. The first-order valence-corrected chi connectivity index (χ1v) is 5.19. The number of hydrogen-bond donors (Lipinski definition) is 0. The highest BCUT2D eigenvalue weighted by atomic mass is 32.7. The van der Waals surface area contributed by atoms with Crippen molar-refractivity contribution in [1.29, 1.82) is 0 Å². The zero-order valence-corrected chi connectivity index (χ0v) is 5.96. The molecule has 0 spiro atoms. The molecule has 1 heterocycles. The van der Waals surface area contributed by atoms with Gasteiger partial charge in [0.25, 0.3) is 0 Å². The number of rotatable bonds is 0. The summed E-state index contributed by atoms with van der Waals surface area (Å²) < 4.78 is 5.12. The highest BCUT2D eigenvalue weighted by Crippen LogP contribution is 2.33. The minimum atomic E-state index is 0.970. The molecule has 0 amide bonds. The van der Waals surface area contributed by atoms with E-state index >= 15 is 0 Å². The van der Waals surface area contributed by atoms with Gasteiger partial charge in [0, 0.05) is 11.7 Å². The van der Waals surface area contributed by atoms with Gasteiger partial charge in [0.05, 0.1) is 6.61 Å². The molecule has 1 saturated heterocycles. The summed E-state index contributed by atoms with van der Waals surface area (Å²) in [7, 11) is 0.989. The zero-order valence-electron chi connectivity index (χ0n) is 4.14. The summed E-state index contributed by atoms with van der Waals surface area (Å²) in [6, 6.07) is 0. The van der Waals surface area contributed by atoms with Crippen molar-refractivity contribution in [3.05, 3.63) is 0 Å². The van der Waals surface area contributed by atoms with E-state index in [4.69, 9.17) is 4.18 Å². The van der Waals surface area contributed by atoms with E-state index in [2.05, 4.69) is 0 Å². The maximum Gasteiger partial charge on any atom is 0.0618 e. The van der Waals surface area contributed by atoms with Crippen LogP contribution in [-0.2, 0) is 4.18 Å². The van der Waals surface area contributed by atoms with Crippen LogP contribution in [0.2, 0.25) is 0 Å². The summed E-state index contributed by atoms with van der Waals surface area (Å²) >= 11 is 1.64. The molecule has 1 nitrogen and oxygen atoms in total. The third-order valence-corrected chi connectivity index (χ3v) is 3.15. The molecule has 0 bridgehead atoms. The lowest BCUT2D eigenvalue weighted by atomic mass is 10.4. The van der Waals surface area contributed by atoms with Gasteiger partial charge in [-0.25, -0.2) is 0 Å². The van der Waals surface area contributed by atoms with E-state index in [0.29, 0.717) is 0 Å². The second-order valence-electron chi connectivity index (χ2n) is 1.51. The molecule has 1 aliphatic rings. The van der Waals surface area contributed by atoms with E-state index in [9.17, 15) is 0 Å². The molecular formula is C4H9OPS. The van der Waals surface area contributed by atoms with Gasteiger partial charge in [0.15, 0.2) is 0 Å². The average Bonchev–Trinajstić information content (AvgIpc) is 1.90. The summed E-state index contributed by atoms with van der Waals surface area (Å²) in [5, 5.41) is 0. The molecule has 1 rings (SSSR count). The van der Waals surface area contributed by atoms with Crippen LogP contribution in [-0.4, -0.2) is 12.8 Å². The first-order valence-electron chi connectivity index (χ1n) is 2.51. The number of hydrogen-bond acceptors (Lipinski definition) is 2. The summed E-state index contributed by atoms with van der Waals surface area (Å²) in [6.45, 7) is 0.970. The van der Waals surface area contributed by atoms with Gasteiger partial charge in [-0.05, 0) is 26.8 Å². The standard InChI is InChI=1S/C4H9OPS/c1-2-4-6-7-5-3-1/h6H,1-4H2. The minimum absolute atomic E-state index is 0.970. The van der Waals surface area contributed by atoms with E-state index in [1.807, 2.05) is 0 Å². The van der Waals surface area contributed by atoms with Gasteiger partial charge in [-0.2, -0.15) is 0 Å². The van der Waals surface area contributed by atoms with Crippen LogP contribution in [0.25, 0.3) is 0 Å². The van der Waals surface area contributed by atoms with Crippen molar-refractivity contribution in [1.82, 2.24) is 0 Å². The van der Waals surface area contributed by atoms with Crippen LogP contribution in [0.3, 0.4) is 0 Å². The van der Waals surface area contributed by atoms with Crippen molar-refractivity contribution in [2.45, 2.75) is 12.8 Å². The van der Waals surface area contributed by atoms with Gasteiger partial charge < -0.3 is 4.18 Å². The average molecular weight is 136 g/mol. The molecule has 3 heteroatoms. The van der Waals surface area contributed by atoms with Crippen LogP contribution < -0.4 is 0 Å². The molecule has 7 heavy (non-hydrogen) atoms. The topological polar surface area (TPSA) is 9.23 Å². The maximum atomic E-state index is 5.12. The Morgan fingerprint density at radius 1 is 1.43 bits per heavy atom. The van der Waals surface area contributed by atoms with Crippen LogP contribution in [0, 0.1) is 0 Å². The normalized spacial score (nSPS) is 27.4. The van der Waals surface area contributed by atoms with Gasteiger partial charge in [0.1, 0.15) is 0 Å². The Balaban J connectivity index is 2.04.